The van der Waals surface area contributed by atoms with Gasteiger partial charge in [-0.15, -0.1) is 0 Å². The van der Waals surface area contributed by atoms with Crippen LogP contribution in [0.2, 0.25) is 0 Å². The molecule has 1 aromatic carbocycles. The molecule has 0 aliphatic carbocycles. The molecule has 3 aliphatic heterocycles. The molecule has 0 amide bonds. The lowest BCUT2D eigenvalue weighted by molar-refractivity contribution is -0.378. The SMILES string of the molecule is [N-]=[N+]=N[C@@H]1O[C@H](CO)[C@@H](O[C@@H]2O[C@@H]3CO[C@@H](c4ccccc4)O[C@@H]3[C@H](O)[C@H]2O)[C@H](O)[C@H]1O. The molecule has 3 aliphatic rings. The minimum Gasteiger partial charge on any atom is -0.394 e. The van der Waals surface area contributed by atoms with Crippen LogP contribution in [-0.2, 0) is 23.7 Å². The minimum absolute atomic E-state index is 0.0304. The summed E-state index contributed by atoms with van der Waals surface area (Å²) in [5, 5.41) is 54.6. The maximum atomic E-state index is 10.7. The molecule has 1 aromatic rings. The summed E-state index contributed by atoms with van der Waals surface area (Å²) in [5.41, 5.74) is 9.30. The molecule has 176 valence electrons. The standard InChI is InChI=1S/C19H25N3O10/c20-22-21-17-13(26)11(24)15(9(6-23)29-17)32-19-14(27)12(25)16-10(30-19)7-28-18(31-16)8-4-2-1-3-5-8/h1-5,9-19,23-27H,6-7H2/t9-,10-,11-,12-,13-,14-,15-,16+,17-,18-,19+/m1/s1. The molecule has 3 heterocycles. The van der Waals surface area contributed by atoms with E-state index >= 15 is 0 Å². The Hall–Kier alpha value is -1.87. The van der Waals surface area contributed by atoms with Crippen LogP contribution in [0, 0.1) is 0 Å². The molecule has 4 rings (SSSR count). The van der Waals surface area contributed by atoms with Gasteiger partial charge in [0.1, 0.15) is 48.8 Å². The number of hydrogen-bond acceptors (Lipinski definition) is 11. The van der Waals surface area contributed by atoms with Gasteiger partial charge in [0, 0.05) is 10.5 Å². The van der Waals surface area contributed by atoms with Crippen molar-refractivity contribution in [2.75, 3.05) is 13.2 Å². The van der Waals surface area contributed by atoms with Gasteiger partial charge in [0.2, 0.25) is 0 Å². The molecule has 0 unspecified atom stereocenters. The maximum Gasteiger partial charge on any atom is 0.187 e. The Bertz CT molecular complexity index is 808. The molecule has 3 saturated heterocycles. The number of benzene rings is 1. The van der Waals surface area contributed by atoms with Crippen molar-refractivity contribution in [3.05, 3.63) is 46.3 Å². The third-order valence-corrected chi connectivity index (χ3v) is 5.70. The van der Waals surface area contributed by atoms with Crippen molar-refractivity contribution in [2.24, 2.45) is 5.11 Å². The second-order valence-electron chi connectivity index (χ2n) is 7.74. The van der Waals surface area contributed by atoms with Crippen molar-refractivity contribution in [1.82, 2.24) is 0 Å². The molecule has 0 radical (unpaired) electrons. The van der Waals surface area contributed by atoms with Gasteiger partial charge < -0.3 is 49.2 Å². The average Bonchev–Trinajstić information content (AvgIpc) is 2.82. The third-order valence-electron chi connectivity index (χ3n) is 5.70. The molecular weight excluding hydrogens is 430 g/mol. The van der Waals surface area contributed by atoms with Crippen LogP contribution in [-0.4, -0.2) is 100 Å². The lowest BCUT2D eigenvalue weighted by atomic mass is 9.96. The second kappa shape index (κ2) is 9.95. The Morgan fingerprint density at radius 2 is 1.75 bits per heavy atom. The van der Waals surface area contributed by atoms with E-state index < -0.39 is 74.2 Å². The highest BCUT2D eigenvalue weighted by atomic mass is 16.8. The first-order chi connectivity index (χ1) is 15.4. The molecule has 0 aromatic heterocycles. The van der Waals surface area contributed by atoms with E-state index in [9.17, 15) is 25.5 Å². The van der Waals surface area contributed by atoms with Gasteiger partial charge in [-0.1, -0.05) is 35.4 Å². The summed E-state index contributed by atoms with van der Waals surface area (Å²) >= 11 is 0. The lowest BCUT2D eigenvalue weighted by Crippen LogP contribution is -2.65. The predicted molar refractivity (Wildman–Crippen MR) is 102 cm³/mol. The molecule has 0 spiro atoms. The van der Waals surface area contributed by atoms with E-state index in [1.807, 2.05) is 18.2 Å². The molecule has 32 heavy (non-hydrogen) atoms. The molecule has 5 N–H and O–H groups in total. The molecule has 13 heteroatoms. The first-order valence-electron chi connectivity index (χ1n) is 10.1. The van der Waals surface area contributed by atoms with Gasteiger partial charge in [-0.25, -0.2) is 0 Å². The van der Waals surface area contributed by atoms with Crippen LogP contribution >= 0.6 is 0 Å². The van der Waals surface area contributed by atoms with Gasteiger partial charge in [-0.05, 0) is 5.53 Å². The summed E-state index contributed by atoms with van der Waals surface area (Å²) in [5.74, 6) is 0. The van der Waals surface area contributed by atoms with Crippen molar-refractivity contribution in [3.63, 3.8) is 0 Å². The topological polar surface area (TPSA) is 196 Å². The molecular formula is C19H25N3O10. The second-order valence-corrected chi connectivity index (χ2v) is 7.74. The minimum atomic E-state index is -1.65. The largest absolute Gasteiger partial charge is 0.394 e. The van der Waals surface area contributed by atoms with Crippen LogP contribution in [0.5, 0.6) is 0 Å². The number of rotatable bonds is 5. The van der Waals surface area contributed by atoms with E-state index in [4.69, 9.17) is 29.2 Å². The van der Waals surface area contributed by atoms with Crippen LogP contribution in [0.1, 0.15) is 11.9 Å². The Morgan fingerprint density at radius 1 is 1.00 bits per heavy atom. The zero-order valence-electron chi connectivity index (χ0n) is 16.8. The van der Waals surface area contributed by atoms with Gasteiger partial charge in [0.25, 0.3) is 0 Å². The molecule has 11 atom stereocenters. The smallest absolute Gasteiger partial charge is 0.187 e. The quantitative estimate of drug-likeness (QED) is 0.202. The predicted octanol–water partition coefficient (Wildman–Crippen LogP) is -1.32. The molecule has 0 bridgehead atoms. The summed E-state index contributed by atoms with van der Waals surface area (Å²) in [6.45, 7) is -0.614. The van der Waals surface area contributed by atoms with Crippen molar-refractivity contribution in [2.45, 2.75) is 67.6 Å². The van der Waals surface area contributed by atoms with Crippen molar-refractivity contribution < 1.29 is 49.2 Å². The van der Waals surface area contributed by atoms with E-state index in [1.165, 1.54) is 0 Å². The number of azide groups is 1. The van der Waals surface area contributed by atoms with Crippen molar-refractivity contribution in [3.8, 4) is 0 Å². The Labute approximate surface area is 182 Å². The van der Waals surface area contributed by atoms with Gasteiger partial charge >= 0.3 is 0 Å². The first kappa shape index (κ1) is 23.3. The maximum absolute atomic E-state index is 10.7. The van der Waals surface area contributed by atoms with Crippen LogP contribution in [0.4, 0.5) is 0 Å². The van der Waals surface area contributed by atoms with Gasteiger partial charge in [0.15, 0.2) is 18.8 Å². The fourth-order valence-corrected chi connectivity index (χ4v) is 4.01. The van der Waals surface area contributed by atoms with Crippen molar-refractivity contribution >= 4 is 0 Å². The Morgan fingerprint density at radius 3 is 2.44 bits per heavy atom. The number of aliphatic hydroxyl groups excluding tert-OH is 5. The van der Waals surface area contributed by atoms with E-state index in [0.29, 0.717) is 0 Å². The average molecular weight is 455 g/mol. The molecule has 13 nitrogen and oxygen atoms in total. The van der Waals surface area contributed by atoms with Gasteiger partial charge in [-0.2, -0.15) is 0 Å². The van der Waals surface area contributed by atoms with Crippen LogP contribution < -0.4 is 0 Å². The van der Waals surface area contributed by atoms with E-state index in [2.05, 4.69) is 10.0 Å². The highest BCUT2D eigenvalue weighted by Crippen LogP contribution is 2.35. The highest BCUT2D eigenvalue weighted by Gasteiger charge is 2.52. The number of hydrogen-bond donors (Lipinski definition) is 5. The summed E-state index contributed by atoms with van der Waals surface area (Å²) in [7, 11) is 0. The van der Waals surface area contributed by atoms with Gasteiger partial charge in [-0.3, -0.25) is 0 Å². The number of ether oxygens (including phenoxy) is 5. The zero-order valence-corrected chi connectivity index (χ0v) is 16.8. The van der Waals surface area contributed by atoms with Crippen molar-refractivity contribution in [1.29, 1.82) is 0 Å². The molecule has 3 fully saturated rings. The Kier molecular flexibility index (Phi) is 7.24. The van der Waals surface area contributed by atoms with Crippen LogP contribution in [0.25, 0.3) is 10.4 Å². The summed E-state index contributed by atoms with van der Waals surface area (Å²) in [6.07, 6.45) is -14.2. The van der Waals surface area contributed by atoms with E-state index in [-0.39, 0.29) is 6.61 Å². The highest BCUT2D eigenvalue weighted by molar-refractivity contribution is 5.16. The van der Waals surface area contributed by atoms with Crippen LogP contribution in [0.15, 0.2) is 35.4 Å². The number of aliphatic hydroxyl groups is 5. The summed E-state index contributed by atoms with van der Waals surface area (Å²) in [6, 6.07) is 9.08. The van der Waals surface area contributed by atoms with Crippen LogP contribution in [0.3, 0.4) is 0 Å². The normalized spacial score (nSPS) is 44.3. The zero-order chi connectivity index (χ0) is 22.8. The monoisotopic (exact) mass is 455 g/mol. The van der Waals surface area contributed by atoms with E-state index in [0.717, 1.165) is 5.56 Å². The fraction of sp³-hybridized carbons (Fsp3) is 0.684. The number of nitrogens with zero attached hydrogens (tertiary/aromatic N) is 3. The molecule has 0 saturated carbocycles. The third kappa shape index (κ3) is 4.46. The fourth-order valence-electron chi connectivity index (χ4n) is 4.01. The van der Waals surface area contributed by atoms with Gasteiger partial charge in [0.05, 0.1) is 13.2 Å². The summed E-state index contributed by atoms with van der Waals surface area (Å²) in [4.78, 5) is 2.53. The summed E-state index contributed by atoms with van der Waals surface area (Å²) < 4.78 is 28.1. The Balaban J connectivity index is 1.44. The first-order valence-corrected chi connectivity index (χ1v) is 10.1. The number of fused-ring (bicyclic) bond motifs is 1. The lowest BCUT2D eigenvalue weighted by Gasteiger charge is -2.48. The van der Waals surface area contributed by atoms with E-state index in [1.54, 1.807) is 12.1 Å².